The normalized spacial score (nSPS) is 21.4. The summed E-state index contributed by atoms with van der Waals surface area (Å²) in [6.45, 7) is -0.248. The van der Waals surface area contributed by atoms with E-state index in [1.165, 1.54) is 36.6 Å². The summed E-state index contributed by atoms with van der Waals surface area (Å²) in [7, 11) is -4.07. The molecular weight excluding hydrogens is 282 g/mol. The zero-order valence-electron chi connectivity index (χ0n) is 10.4. The number of nitrogens with zero attached hydrogens (tertiary/aromatic N) is 1. The fourth-order valence-electron chi connectivity index (χ4n) is 1.94. The Bertz CT molecular complexity index is 696. The lowest BCUT2D eigenvalue weighted by molar-refractivity contribution is -0.387. The van der Waals surface area contributed by atoms with Crippen molar-refractivity contribution in [3.63, 3.8) is 0 Å². The zero-order valence-corrected chi connectivity index (χ0v) is 11.2. The van der Waals surface area contributed by atoms with Gasteiger partial charge in [0.1, 0.15) is 4.90 Å². The average Bonchev–Trinajstić information content (AvgIpc) is 2.47. The predicted octanol–water partition coefficient (Wildman–Crippen LogP) is 0.697. The fourth-order valence-corrected chi connectivity index (χ4v) is 3.71. The Balaban J connectivity index is 2.64. The molecule has 0 bridgehead atoms. The Morgan fingerprint density at radius 3 is 2.55 bits per heavy atom. The van der Waals surface area contributed by atoms with Crippen molar-refractivity contribution in [3.05, 3.63) is 58.8 Å². The van der Waals surface area contributed by atoms with Crippen LogP contribution >= 0.6 is 0 Å². The highest BCUT2D eigenvalue weighted by molar-refractivity contribution is 7.93. The van der Waals surface area contributed by atoms with E-state index in [2.05, 4.69) is 5.32 Å². The van der Waals surface area contributed by atoms with E-state index in [4.69, 9.17) is 5.73 Å². The molecule has 1 aliphatic heterocycles. The van der Waals surface area contributed by atoms with Crippen LogP contribution < -0.4 is 11.1 Å². The van der Waals surface area contributed by atoms with E-state index in [1.54, 1.807) is 6.08 Å². The van der Waals surface area contributed by atoms with Gasteiger partial charge in [-0.3, -0.25) is 10.1 Å². The van der Waals surface area contributed by atoms with E-state index in [0.29, 0.717) is 0 Å². The molecule has 1 atom stereocenters. The maximum absolute atomic E-state index is 12.7. The molecule has 0 amide bonds. The summed E-state index contributed by atoms with van der Waals surface area (Å²) >= 11 is 0. The standard InChI is InChI=1S/C12H13N3O4S/c13-9-12(7-3-4-8-14-12)20(18,19)11-6-2-1-5-10(11)15(16)17/h1-8,14H,9,13H2. The summed E-state index contributed by atoms with van der Waals surface area (Å²) in [5.41, 5.74) is 5.12. The van der Waals surface area contributed by atoms with E-state index in [1.807, 2.05) is 0 Å². The lowest BCUT2D eigenvalue weighted by Crippen LogP contribution is -2.54. The van der Waals surface area contributed by atoms with Gasteiger partial charge in [-0.2, -0.15) is 0 Å². The Kier molecular flexibility index (Phi) is 3.60. The second kappa shape index (κ2) is 5.06. The number of allylic oxidation sites excluding steroid dienone is 2. The maximum atomic E-state index is 12.7. The van der Waals surface area contributed by atoms with Crippen molar-refractivity contribution in [2.75, 3.05) is 6.54 Å². The molecule has 0 aliphatic carbocycles. The van der Waals surface area contributed by atoms with Crippen molar-refractivity contribution in [2.45, 2.75) is 9.77 Å². The van der Waals surface area contributed by atoms with Crippen LogP contribution in [0.2, 0.25) is 0 Å². The number of nitro groups is 1. The van der Waals surface area contributed by atoms with Crippen LogP contribution in [0.15, 0.2) is 53.6 Å². The number of dihydropyridines is 1. The summed E-state index contributed by atoms with van der Waals surface area (Å²) in [5, 5.41) is 13.7. The highest BCUT2D eigenvalue weighted by atomic mass is 32.2. The molecule has 0 spiro atoms. The van der Waals surface area contributed by atoms with Gasteiger partial charge in [0.05, 0.1) is 4.92 Å². The van der Waals surface area contributed by atoms with Crippen LogP contribution in [0.4, 0.5) is 5.69 Å². The number of hydrogen-bond acceptors (Lipinski definition) is 6. The minimum Gasteiger partial charge on any atom is -0.368 e. The van der Waals surface area contributed by atoms with E-state index in [9.17, 15) is 18.5 Å². The molecule has 0 radical (unpaired) electrons. The van der Waals surface area contributed by atoms with Crippen LogP contribution in [0.3, 0.4) is 0 Å². The Labute approximate surface area is 115 Å². The minimum atomic E-state index is -4.07. The highest BCUT2D eigenvalue weighted by Gasteiger charge is 2.44. The molecule has 1 aliphatic rings. The zero-order chi connectivity index (χ0) is 14.8. The van der Waals surface area contributed by atoms with Gasteiger partial charge >= 0.3 is 0 Å². The lowest BCUT2D eigenvalue weighted by atomic mass is 10.2. The van der Waals surface area contributed by atoms with Gasteiger partial charge in [-0.25, -0.2) is 8.42 Å². The van der Waals surface area contributed by atoms with Gasteiger partial charge in [-0.15, -0.1) is 0 Å². The topological polar surface area (TPSA) is 115 Å². The quantitative estimate of drug-likeness (QED) is 0.624. The highest BCUT2D eigenvalue weighted by Crippen LogP contribution is 2.32. The van der Waals surface area contributed by atoms with Crippen molar-refractivity contribution in [3.8, 4) is 0 Å². The van der Waals surface area contributed by atoms with Crippen molar-refractivity contribution in [2.24, 2.45) is 5.73 Å². The van der Waals surface area contributed by atoms with Gasteiger partial charge in [0.15, 0.2) is 4.87 Å². The van der Waals surface area contributed by atoms with Crippen LogP contribution in [0.1, 0.15) is 0 Å². The molecule has 0 saturated heterocycles. The van der Waals surface area contributed by atoms with E-state index < -0.39 is 25.3 Å². The number of nitrogens with one attached hydrogen (secondary N) is 1. The number of nitro benzene ring substituents is 1. The molecule has 106 valence electrons. The van der Waals surface area contributed by atoms with Crippen LogP contribution in [-0.4, -0.2) is 24.8 Å². The molecule has 1 unspecified atom stereocenters. The molecule has 0 fully saturated rings. The van der Waals surface area contributed by atoms with Crippen LogP contribution in [-0.2, 0) is 9.84 Å². The molecule has 1 aromatic rings. The Morgan fingerprint density at radius 2 is 2.00 bits per heavy atom. The molecule has 0 aromatic heterocycles. The van der Waals surface area contributed by atoms with Gasteiger partial charge in [0.25, 0.3) is 5.69 Å². The molecule has 3 N–H and O–H groups in total. The minimum absolute atomic E-state index is 0.248. The fraction of sp³-hybridized carbons (Fsp3) is 0.167. The number of hydrogen-bond donors (Lipinski definition) is 2. The summed E-state index contributed by atoms with van der Waals surface area (Å²) in [6.07, 6.45) is 5.98. The third-order valence-electron chi connectivity index (χ3n) is 3.03. The summed E-state index contributed by atoms with van der Waals surface area (Å²) < 4.78 is 25.5. The molecule has 2 rings (SSSR count). The predicted molar refractivity (Wildman–Crippen MR) is 73.5 cm³/mol. The van der Waals surface area contributed by atoms with E-state index in [0.717, 1.165) is 6.07 Å². The molecule has 7 nitrogen and oxygen atoms in total. The summed E-state index contributed by atoms with van der Waals surface area (Å²) in [5.74, 6) is 0. The number of rotatable bonds is 4. The molecule has 1 aromatic carbocycles. The Hall–Kier alpha value is -2.19. The SMILES string of the molecule is NCC1(S(=O)(=O)c2ccccc2[N+](=O)[O-])C=CC=CN1. The number of benzene rings is 1. The van der Waals surface area contributed by atoms with Gasteiger partial charge in [-0.05, 0) is 24.4 Å². The van der Waals surface area contributed by atoms with Crippen molar-refractivity contribution in [1.82, 2.24) is 5.32 Å². The molecular formula is C12H13N3O4S. The van der Waals surface area contributed by atoms with Gasteiger partial charge in [0.2, 0.25) is 9.84 Å². The van der Waals surface area contributed by atoms with Crippen LogP contribution in [0.25, 0.3) is 0 Å². The third kappa shape index (κ3) is 2.08. The first-order valence-electron chi connectivity index (χ1n) is 5.75. The van der Waals surface area contributed by atoms with Crippen molar-refractivity contribution >= 4 is 15.5 Å². The van der Waals surface area contributed by atoms with Gasteiger partial charge < -0.3 is 11.1 Å². The first-order chi connectivity index (χ1) is 9.44. The maximum Gasteiger partial charge on any atom is 0.288 e. The lowest BCUT2D eigenvalue weighted by Gasteiger charge is -2.30. The molecule has 0 saturated carbocycles. The second-order valence-corrected chi connectivity index (χ2v) is 6.36. The first kappa shape index (κ1) is 14.2. The monoisotopic (exact) mass is 295 g/mol. The Morgan fingerprint density at radius 1 is 1.30 bits per heavy atom. The molecule has 1 heterocycles. The summed E-state index contributed by atoms with van der Waals surface area (Å²) in [4.78, 5) is 8.34. The van der Waals surface area contributed by atoms with E-state index in [-0.39, 0.29) is 11.4 Å². The average molecular weight is 295 g/mol. The number of para-hydroxylation sites is 1. The smallest absolute Gasteiger partial charge is 0.288 e. The summed E-state index contributed by atoms with van der Waals surface area (Å²) in [6, 6.07) is 5.21. The van der Waals surface area contributed by atoms with E-state index >= 15 is 0 Å². The third-order valence-corrected chi connectivity index (χ3v) is 5.34. The number of sulfone groups is 1. The first-order valence-corrected chi connectivity index (χ1v) is 7.23. The second-order valence-electron chi connectivity index (χ2n) is 4.18. The van der Waals surface area contributed by atoms with Crippen molar-refractivity contribution in [1.29, 1.82) is 0 Å². The van der Waals surface area contributed by atoms with Gasteiger partial charge in [-0.1, -0.05) is 18.2 Å². The molecule has 8 heteroatoms. The largest absolute Gasteiger partial charge is 0.368 e. The van der Waals surface area contributed by atoms with Crippen LogP contribution in [0, 0.1) is 10.1 Å². The number of nitrogens with two attached hydrogens (primary N) is 1. The van der Waals surface area contributed by atoms with Crippen molar-refractivity contribution < 1.29 is 13.3 Å². The van der Waals surface area contributed by atoms with Crippen LogP contribution in [0.5, 0.6) is 0 Å². The molecule has 20 heavy (non-hydrogen) atoms. The van der Waals surface area contributed by atoms with Gasteiger partial charge in [0, 0.05) is 12.6 Å².